The first kappa shape index (κ1) is 15.8. The van der Waals surface area contributed by atoms with Crippen molar-refractivity contribution in [3.05, 3.63) is 23.7 Å². The monoisotopic (exact) mass is 305 g/mol. The molecule has 8 heteroatoms. The second kappa shape index (κ2) is 6.07. The van der Waals surface area contributed by atoms with Crippen molar-refractivity contribution in [3.8, 4) is 0 Å². The highest BCUT2D eigenvalue weighted by atomic mass is 19.4. The van der Waals surface area contributed by atoms with Gasteiger partial charge in [-0.05, 0) is 13.0 Å². The summed E-state index contributed by atoms with van der Waals surface area (Å²) in [6.45, 7) is 2.28. The van der Waals surface area contributed by atoms with Crippen LogP contribution in [-0.4, -0.2) is 54.1 Å². The smallest absolute Gasteiger partial charge is 0.403 e. The van der Waals surface area contributed by atoms with Crippen molar-refractivity contribution < 1.29 is 22.4 Å². The highest BCUT2D eigenvalue weighted by Gasteiger charge is 2.41. The van der Waals surface area contributed by atoms with Crippen LogP contribution in [0, 0.1) is 0 Å². The summed E-state index contributed by atoms with van der Waals surface area (Å²) in [5.41, 5.74) is 5.78. The fourth-order valence-corrected chi connectivity index (χ4v) is 2.30. The zero-order chi connectivity index (χ0) is 15.6. The molecule has 1 aliphatic heterocycles. The molecule has 1 aromatic heterocycles. The van der Waals surface area contributed by atoms with E-state index in [9.17, 15) is 18.0 Å². The molecule has 0 spiro atoms. The van der Waals surface area contributed by atoms with E-state index in [-0.39, 0.29) is 38.6 Å². The first-order chi connectivity index (χ1) is 9.82. The van der Waals surface area contributed by atoms with Crippen molar-refractivity contribution in [2.45, 2.75) is 25.7 Å². The van der Waals surface area contributed by atoms with Gasteiger partial charge in [-0.15, -0.1) is 0 Å². The summed E-state index contributed by atoms with van der Waals surface area (Å²) in [4.78, 5) is 15.1. The van der Waals surface area contributed by atoms with E-state index in [1.54, 1.807) is 6.07 Å². The molecule has 1 aromatic rings. The van der Waals surface area contributed by atoms with E-state index >= 15 is 0 Å². The van der Waals surface area contributed by atoms with E-state index in [4.69, 9.17) is 10.2 Å². The molecule has 0 radical (unpaired) electrons. The topological polar surface area (TPSA) is 62.7 Å². The first-order valence-corrected chi connectivity index (χ1v) is 6.70. The summed E-state index contributed by atoms with van der Waals surface area (Å²) >= 11 is 0. The highest BCUT2D eigenvalue weighted by Crippen LogP contribution is 2.25. The first-order valence-electron chi connectivity index (χ1n) is 6.70. The molecular formula is C13H18F3N3O2. The lowest BCUT2D eigenvalue weighted by Gasteiger charge is -2.38. The van der Waals surface area contributed by atoms with Gasteiger partial charge in [-0.3, -0.25) is 9.69 Å². The van der Waals surface area contributed by atoms with E-state index < -0.39 is 12.2 Å². The molecule has 0 bridgehead atoms. The SMILES string of the molecule is CC(N1CCN(C(=O)c2coc(CN)c2)CC1)C(F)(F)F. The molecule has 2 heterocycles. The molecule has 2 N–H and O–H groups in total. The van der Waals surface area contributed by atoms with Gasteiger partial charge in [-0.2, -0.15) is 13.2 Å². The van der Waals surface area contributed by atoms with E-state index in [0.717, 1.165) is 6.92 Å². The molecule has 1 atom stereocenters. The Bertz CT molecular complexity index is 493. The standard InChI is InChI=1S/C13H18F3N3O2/c1-9(13(14,15)16)18-2-4-19(5-3-18)12(20)10-6-11(7-17)21-8-10/h6,8-9H,2-5,7,17H2,1H3. The minimum atomic E-state index is -4.24. The minimum Gasteiger partial charge on any atom is -0.467 e. The number of alkyl halides is 3. The van der Waals surface area contributed by atoms with Crippen molar-refractivity contribution in [2.24, 2.45) is 5.73 Å². The maximum Gasteiger partial charge on any atom is 0.403 e. The van der Waals surface area contributed by atoms with Crippen molar-refractivity contribution >= 4 is 5.91 Å². The maximum absolute atomic E-state index is 12.6. The molecule has 1 saturated heterocycles. The van der Waals surface area contributed by atoms with Crippen LogP contribution in [0.5, 0.6) is 0 Å². The summed E-state index contributed by atoms with van der Waals surface area (Å²) in [5.74, 6) is 0.264. The molecule has 1 fully saturated rings. The zero-order valence-electron chi connectivity index (χ0n) is 11.7. The summed E-state index contributed by atoms with van der Waals surface area (Å²) < 4.78 is 43.0. The van der Waals surface area contributed by atoms with Gasteiger partial charge in [-0.25, -0.2) is 0 Å². The van der Waals surface area contributed by atoms with Crippen LogP contribution in [0.1, 0.15) is 23.0 Å². The van der Waals surface area contributed by atoms with Crippen molar-refractivity contribution in [3.63, 3.8) is 0 Å². The Morgan fingerprint density at radius 1 is 1.38 bits per heavy atom. The third-order valence-electron chi connectivity index (χ3n) is 3.72. The van der Waals surface area contributed by atoms with Gasteiger partial charge >= 0.3 is 6.18 Å². The number of halogens is 3. The quantitative estimate of drug-likeness (QED) is 0.918. The predicted molar refractivity (Wildman–Crippen MR) is 69.6 cm³/mol. The lowest BCUT2D eigenvalue weighted by Crippen LogP contribution is -2.54. The molecule has 0 aliphatic carbocycles. The average Bonchev–Trinajstić information content (AvgIpc) is 2.94. The van der Waals surface area contributed by atoms with E-state index in [1.165, 1.54) is 16.1 Å². The summed E-state index contributed by atoms with van der Waals surface area (Å²) in [7, 11) is 0. The second-order valence-corrected chi connectivity index (χ2v) is 5.05. The van der Waals surface area contributed by atoms with Crippen LogP contribution in [0.3, 0.4) is 0 Å². The normalized spacial score (nSPS) is 18.8. The van der Waals surface area contributed by atoms with Crippen molar-refractivity contribution in [1.82, 2.24) is 9.80 Å². The number of rotatable bonds is 3. The number of nitrogens with two attached hydrogens (primary N) is 1. The van der Waals surface area contributed by atoms with Crippen LogP contribution in [0.2, 0.25) is 0 Å². The van der Waals surface area contributed by atoms with Gasteiger partial charge in [0.1, 0.15) is 18.1 Å². The third-order valence-corrected chi connectivity index (χ3v) is 3.72. The maximum atomic E-state index is 12.6. The van der Waals surface area contributed by atoms with Crippen LogP contribution in [0.25, 0.3) is 0 Å². The zero-order valence-corrected chi connectivity index (χ0v) is 11.7. The van der Waals surface area contributed by atoms with Gasteiger partial charge in [-0.1, -0.05) is 0 Å². The van der Waals surface area contributed by atoms with Crippen LogP contribution >= 0.6 is 0 Å². The van der Waals surface area contributed by atoms with E-state index in [0.29, 0.717) is 11.3 Å². The van der Waals surface area contributed by atoms with Gasteiger partial charge in [0, 0.05) is 26.2 Å². The molecule has 0 aromatic carbocycles. The fourth-order valence-electron chi connectivity index (χ4n) is 2.30. The Hall–Kier alpha value is -1.54. The van der Waals surface area contributed by atoms with Crippen molar-refractivity contribution in [2.75, 3.05) is 26.2 Å². The van der Waals surface area contributed by atoms with Gasteiger partial charge in [0.15, 0.2) is 0 Å². The van der Waals surface area contributed by atoms with Crippen LogP contribution in [0.15, 0.2) is 16.7 Å². The predicted octanol–water partition coefficient (Wildman–Crippen LogP) is 1.45. The number of carbonyl (C=O) groups excluding carboxylic acids is 1. The molecule has 21 heavy (non-hydrogen) atoms. The fraction of sp³-hybridized carbons (Fsp3) is 0.615. The number of carbonyl (C=O) groups is 1. The molecule has 1 amide bonds. The summed E-state index contributed by atoms with van der Waals surface area (Å²) in [6, 6.07) is 0.0695. The average molecular weight is 305 g/mol. The summed E-state index contributed by atoms with van der Waals surface area (Å²) in [6.07, 6.45) is -2.91. The summed E-state index contributed by atoms with van der Waals surface area (Å²) in [5, 5.41) is 0. The Balaban J connectivity index is 1.93. The number of amides is 1. The molecule has 5 nitrogen and oxygen atoms in total. The lowest BCUT2D eigenvalue weighted by molar-refractivity contribution is -0.181. The van der Waals surface area contributed by atoms with Gasteiger partial charge < -0.3 is 15.1 Å². The lowest BCUT2D eigenvalue weighted by atomic mass is 10.2. The van der Waals surface area contributed by atoms with Crippen LogP contribution < -0.4 is 5.73 Å². The van der Waals surface area contributed by atoms with E-state index in [2.05, 4.69) is 0 Å². The molecule has 118 valence electrons. The van der Waals surface area contributed by atoms with Gasteiger partial charge in [0.2, 0.25) is 0 Å². The molecule has 1 unspecified atom stereocenters. The number of nitrogens with zero attached hydrogens (tertiary/aromatic N) is 2. The number of piperazine rings is 1. The molecule has 1 aliphatic rings. The molecular weight excluding hydrogens is 287 g/mol. The third kappa shape index (κ3) is 3.56. The van der Waals surface area contributed by atoms with Crippen LogP contribution in [-0.2, 0) is 6.54 Å². The van der Waals surface area contributed by atoms with Gasteiger partial charge in [0.25, 0.3) is 5.91 Å². The number of hydrogen-bond donors (Lipinski definition) is 1. The van der Waals surface area contributed by atoms with Gasteiger partial charge in [0.05, 0.1) is 12.1 Å². The molecule has 2 rings (SSSR count). The molecule has 0 saturated carbocycles. The Labute approximate surface area is 120 Å². The van der Waals surface area contributed by atoms with Crippen molar-refractivity contribution in [1.29, 1.82) is 0 Å². The number of hydrogen-bond acceptors (Lipinski definition) is 4. The van der Waals surface area contributed by atoms with E-state index in [1.807, 2.05) is 0 Å². The number of furan rings is 1. The second-order valence-electron chi connectivity index (χ2n) is 5.05. The Morgan fingerprint density at radius 3 is 2.48 bits per heavy atom. The highest BCUT2D eigenvalue weighted by molar-refractivity contribution is 5.94. The Kier molecular flexibility index (Phi) is 4.58. The largest absolute Gasteiger partial charge is 0.467 e. The van der Waals surface area contributed by atoms with Crippen LogP contribution in [0.4, 0.5) is 13.2 Å². The minimum absolute atomic E-state index is 0.199. The Morgan fingerprint density at radius 2 is 2.00 bits per heavy atom.